The van der Waals surface area contributed by atoms with Crippen molar-refractivity contribution in [3.63, 3.8) is 0 Å². The highest BCUT2D eigenvalue weighted by molar-refractivity contribution is 5.95. The summed E-state index contributed by atoms with van der Waals surface area (Å²) in [7, 11) is 0. The lowest BCUT2D eigenvalue weighted by Gasteiger charge is -2.38. The molecule has 1 aliphatic rings. The number of carbonyl (C=O) groups is 1. The van der Waals surface area contributed by atoms with E-state index in [0.717, 1.165) is 12.1 Å². The van der Waals surface area contributed by atoms with Crippen molar-refractivity contribution in [3.8, 4) is 6.07 Å². The van der Waals surface area contributed by atoms with Crippen molar-refractivity contribution in [1.82, 2.24) is 4.90 Å². The second-order valence-corrected chi connectivity index (χ2v) is 6.89. The molecule has 5 nitrogen and oxygen atoms in total. The summed E-state index contributed by atoms with van der Waals surface area (Å²) in [6.45, 7) is 3.92. The predicted molar refractivity (Wildman–Crippen MR) is 104 cm³/mol. The lowest BCUT2D eigenvalue weighted by molar-refractivity contribution is -0.137. The molecule has 1 aliphatic heterocycles. The minimum atomic E-state index is -4.37. The first-order valence-electron chi connectivity index (χ1n) is 9.26. The molecular formula is C21H21F3N4O. The van der Waals surface area contributed by atoms with Crippen LogP contribution in [-0.4, -0.2) is 43.0 Å². The van der Waals surface area contributed by atoms with Gasteiger partial charge in [0.2, 0.25) is 5.91 Å². The molecular weight excluding hydrogens is 381 g/mol. The SMILES string of the molecule is C[C@@H](C(=O)Nc1ccccc1C#N)N1CCN(c2cccc(C(F)(F)F)c2)CC1. The van der Waals surface area contributed by atoms with E-state index in [1.807, 2.05) is 15.9 Å². The maximum absolute atomic E-state index is 12.9. The van der Waals surface area contributed by atoms with Crippen molar-refractivity contribution < 1.29 is 18.0 Å². The molecule has 0 bridgehead atoms. The highest BCUT2D eigenvalue weighted by Gasteiger charge is 2.31. The number of halogens is 3. The topological polar surface area (TPSA) is 59.4 Å². The van der Waals surface area contributed by atoms with Gasteiger partial charge in [-0.2, -0.15) is 18.4 Å². The van der Waals surface area contributed by atoms with Crippen LogP contribution in [-0.2, 0) is 11.0 Å². The Balaban J connectivity index is 1.60. The van der Waals surface area contributed by atoms with Gasteiger partial charge in [0.05, 0.1) is 22.9 Å². The Morgan fingerprint density at radius 3 is 2.45 bits per heavy atom. The molecule has 8 heteroatoms. The van der Waals surface area contributed by atoms with E-state index in [1.165, 1.54) is 6.07 Å². The quantitative estimate of drug-likeness (QED) is 0.847. The molecule has 1 saturated heterocycles. The molecule has 1 atom stereocenters. The predicted octanol–water partition coefficient (Wildman–Crippen LogP) is 3.73. The summed E-state index contributed by atoms with van der Waals surface area (Å²) in [4.78, 5) is 16.5. The summed E-state index contributed by atoms with van der Waals surface area (Å²) >= 11 is 0. The van der Waals surface area contributed by atoms with Crippen molar-refractivity contribution >= 4 is 17.3 Å². The number of alkyl halides is 3. The van der Waals surface area contributed by atoms with Gasteiger partial charge in [-0.25, -0.2) is 0 Å². The van der Waals surface area contributed by atoms with Gasteiger partial charge in [-0.3, -0.25) is 9.69 Å². The molecule has 0 spiro atoms. The fourth-order valence-electron chi connectivity index (χ4n) is 3.34. The van der Waals surface area contributed by atoms with Crippen LogP contribution in [0.2, 0.25) is 0 Å². The number of anilines is 2. The van der Waals surface area contributed by atoms with Crippen molar-refractivity contribution in [2.45, 2.75) is 19.1 Å². The summed E-state index contributed by atoms with van der Waals surface area (Å²) in [6, 6.07) is 13.7. The van der Waals surface area contributed by atoms with Crippen molar-refractivity contribution in [3.05, 3.63) is 59.7 Å². The molecule has 1 amide bonds. The number of para-hydroxylation sites is 1. The van der Waals surface area contributed by atoms with Gasteiger partial charge in [-0.1, -0.05) is 18.2 Å². The third-order valence-electron chi connectivity index (χ3n) is 5.09. The van der Waals surface area contributed by atoms with Crippen molar-refractivity contribution in [1.29, 1.82) is 5.26 Å². The third-order valence-corrected chi connectivity index (χ3v) is 5.09. The highest BCUT2D eigenvalue weighted by atomic mass is 19.4. The van der Waals surface area contributed by atoms with E-state index in [0.29, 0.717) is 43.1 Å². The number of nitriles is 1. The number of hydrogen-bond donors (Lipinski definition) is 1. The number of hydrogen-bond acceptors (Lipinski definition) is 4. The minimum Gasteiger partial charge on any atom is -0.369 e. The molecule has 0 radical (unpaired) electrons. The molecule has 2 aromatic rings. The van der Waals surface area contributed by atoms with Gasteiger partial charge >= 0.3 is 6.18 Å². The second kappa shape index (κ2) is 8.53. The highest BCUT2D eigenvalue weighted by Crippen LogP contribution is 2.32. The number of piperazine rings is 1. The number of carbonyl (C=O) groups excluding carboxylic acids is 1. The van der Waals surface area contributed by atoms with Crippen molar-refractivity contribution in [2.24, 2.45) is 0 Å². The first kappa shape index (κ1) is 20.7. The number of benzene rings is 2. The monoisotopic (exact) mass is 402 g/mol. The molecule has 0 unspecified atom stereocenters. The zero-order valence-electron chi connectivity index (χ0n) is 15.9. The van der Waals surface area contributed by atoms with Gasteiger partial charge < -0.3 is 10.2 Å². The maximum Gasteiger partial charge on any atom is 0.416 e. The van der Waals surface area contributed by atoms with Crippen LogP contribution in [0.3, 0.4) is 0 Å². The zero-order valence-corrected chi connectivity index (χ0v) is 15.9. The van der Waals surface area contributed by atoms with Gasteiger partial charge in [0.15, 0.2) is 0 Å². The minimum absolute atomic E-state index is 0.222. The van der Waals surface area contributed by atoms with Crippen LogP contribution < -0.4 is 10.2 Å². The Labute approximate surface area is 167 Å². The summed E-state index contributed by atoms with van der Waals surface area (Å²) in [5.41, 5.74) is 0.720. The van der Waals surface area contributed by atoms with Gasteiger partial charge in [0.1, 0.15) is 6.07 Å². The average Bonchev–Trinajstić information content (AvgIpc) is 2.73. The van der Waals surface area contributed by atoms with Crippen LogP contribution in [0.25, 0.3) is 0 Å². The van der Waals surface area contributed by atoms with E-state index in [-0.39, 0.29) is 5.91 Å². The Hall–Kier alpha value is -3.05. The van der Waals surface area contributed by atoms with Crippen LogP contribution >= 0.6 is 0 Å². The molecule has 152 valence electrons. The Bertz CT molecular complexity index is 915. The largest absolute Gasteiger partial charge is 0.416 e. The molecule has 1 N–H and O–H groups in total. The standard InChI is InChI=1S/C21H21F3N4O/c1-15(20(29)26-19-8-3-2-5-16(19)14-25)27-9-11-28(12-10-27)18-7-4-6-17(13-18)21(22,23)24/h2-8,13,15H,9-12H2,1H3,(H,26,29)/t15-/m0/s1. The molecule has 0 saturated carbocycles. The first-order valence-corrected chi connectivity index (χ1v) is 9.26. The Kier molecular flexibility index (Phi) is 6.09. The van der Waals surface area contributed by atoms with E-state index in [1.54, 1.807) is 37.3 Å². The van der Waals surface area contributed by atoms with Gasteiger partial charge in [0, 0.05) is 31.9 Å². The molecule has 0 aromatic heterocycles. The lowest BCUT2D eigenvalue weighted by atomic mass is 10.1. The van der Waals surface area contributed by atoms with Crippen LogP contribution in [0.1, 0.15) is 18.1 Å². The molecule has 0 aliphatic carbocycles. The normalized spacial score (nSPS) is 16.2. The number of nitrogens with one attached hydrogen (secondary N) is 1. The third kappa shape index (κ3) is 4.87. The number of nitrogens with zero attached hydrogens (tertiary/aromatic N) is 3. The van der Waals surface area contributed by atoms with Crippen LogP contribution in [0.4, 0.5) is 24.5 Å². The molecule has 2 aromatic carbocycles. The lowest BCUT2D eigenvalue weighted by Crippen LogP contribution is -2.52. The van der Waals surface area contributed by atoms with Crippen molar-refractivity contribution in [2.75, 3.05) is 36.4 Å². The van der Waals surface area contributed by atoms with Gasteiger partial charge in [-0.05, 0) is 37.3 Å². The second-order valence-electron chi connectivity index (χ2n) is 6.89. The molecule has 29 heavy (non-hydrogen) atoms. The summed E-state index contributed by atoms with van der Waals surface area (Å²) < 4.78 is 38.8. The van der Waals surface area contributed by atoms with Crippen LogP contribution in [0.5, 0.6) is 0 Å². The molecule has 3 rings (SSSR count). The van der Waals surface area contributed by atoms with Gasteiger partial charge in [0.25, 0.3) is 0 Å². The number of amides is 1. The average molecular weight is 402 g/mol. The first-order chi connectivity index (χ1) is 13.8. The van der Waals surface area contributed by atoms with E-state index in [2.05, 4.69) is 5.32 Å². The fraction of sp³-hybridized carbons (Fsp3) is 0.333. The van der Waals surface area contributed by atoms with Crippen LogP contribution in [0.15, 0.2) is 48.5 Å². The molecule has 1 heterocycles. The van der Waals surface area contributed by atoms with E-state index < -0.39 is 17.8 Å². The smallest absolute Gasteiger partial charge is 0.369 e. The van der Waals surface area contributed by atoms with E-state index >= 15 is 0 Å². The summed E-state index contributed by atoms with van der Waals surface area (Å²) in [6.07, 6.45) is -4.37. The Morgan fingerprint density at radius 2 is 1.79 bits per heavy atom. The zero-order chi connectivity index (χ0) is 21.0. The fourth-order valence-corrected chi connectivity index (χ4v) is 3.34. The van der Waals surface area contributed by atoms with E-state index in [9.17, 15) is 18.0 Å². The molecule has 1 fully saturated rings. The maximum atomic E-state index is 12.9. The summed E-state index contributed by atoms with van der Waals surface area (Å²) in [5, 5.41) is 11.9. The van der Waals surface area contributed by atoms with Gasteiger partial charge in [-0.15, -0.1) is 0 Å². The van der Waals surface area contributed by atoms with Crippen LogP contribution in [0, 0.1) is 11.3 Å². The Morgan fingerprint density at radius 1 is 1.10 bits per heavy atom. The van der Waals surface area contributed by atoms with E-state index in [4.69, 9.17) is 5.26 Å². The number of rotatable bonds is 4. The summed E-state index contributed by atoms with van der Waals surface area (Å²) in [5.74, 6) is -0.222.